The maximum absolute atomic E-state index is 13.9. The molecule has 8 heteroatoms. The van der Waals surface area contributed by atoms with Gasteiger partial charge in [0.25, 0.3) is 0 Å². The normalized spacial score (nSPS) is 11.8. The minimum atomic E-state index is -1.53. The molecule has 0 fully saturated rings. The number of amides is 1. The molecule has 0 aromatic heterocycles. The summed E-state index contributed by atoms with van der Waals surface area (Å²) in [6, 6.07) is 0. The average molecular weight is 959 g/mol. The first-order chi connectivity index (χ1) is 33.3. The molecule has 0 rings (SSSR count). The van der Waals surface area contributed by atoms with Gasteiger partial charge in [-0.3, -0.25) is 19.2 Å². The average Bonchev–Trinajstić information content (AvgIpc) is 3.34. The molecule has 0 aromatic rings. The first-order valence-electron chi connectivity index (χ1n) is 29.4. The van der Waals surface area contributed by atoms with Gasteiger partial charge in [-0.25, -0.2) is 0 Å². The van der Waals surface area contributed by atoms with Gasteiger partial charge in [-0.2, -0.15) is 0 Å². The third kappa shape index (κ3) is 44.6. The van der Waals surface area contributed by atoms with Crippen LogP contribution in [0.5, 0.6) is 0 Å². The fourth-order valence-corrected chi connectivity index (χ4v) is 8.59. The van der Waals surface area contributed by atoms with Crippen molar-refractivity contribution in [3.8, 4) is 0 Å². The lowest BCUT2D eigenvalue weighted by Gasteiger charge is -2.31. The van der Waals surface area contributed by atoms with Gasteiger partial charge in [0.05, 0.1) is 0 Å². The van der Waals surface area contributed by atoms with Crippen LogP contribution in [0.25, 0.3) is 0 Å². The molecular formula is C60H111NO7. The Morgan fingerprint density at radius 2 is 0.559 bits per heavy atom. The van der Waals surface area contributed by atoms with Crippen molar-refractivity contribution >= 4 is 23.8 Å². The van der Waals surface area contributed by atoms with Crippen molar-refractivity contribution < 1.29 is 33.4 Å². The van der Waals surface area contributed by atoms with Crippen LogP contribution in [0.4, 0.5) is 0 Å². The van der Waals surface area contributed by atoms with E-state index >= 15 is 0 Å². The maximum Gasteiger partial charge on any atom is 0.305 e. The van der Waals surface area contributed by atoms with Crippen molar-refractivity contribution in [3.05, 3.63) is 24.3 Å². The first-order valence-corrected chi connectivity index (χ1v) is 29.4. The molecule has 0 saturated heterocycles. The minimum Gasteiger partial charge on any atom is -0.464 e. The fraction of sp³-hybridized carbons (Fsp3) is 0.867. The molecule has 0 atom stereocenters. The van der Waals surface area contributed by atoms with E-state index < -0.39 is 23.3 Å². The molecule has 0 aliphatic rings. The summed E-state index contributed by atoms with van der Waals surface area (Å²) in [6.07, 6.45) is 57.1. The quantitative estimate of drug-likeness (QED) is 0.0280. The number of hydrogen-bond acceptors (Lipinski definition) is 7. The second-order valence-corrected chi connectivity index (χ2v) is 20.2. The zero-order valence-electron chi connectivity index (χ0n) is 45.4. The van der Waals surface area contributed by atoms with Crippen LogP contribution in [0.15, 0.2) is 24.3 Å². The van der Waals surface area contributed by atoms with Crippen molar-refractivity contribution in [1.82, 2.24) is 5.32 Å². The molecule has 1 amide bonds. The highest BCUT2D eigenvalue weighted by Gasteiger charge is 2.43. The number of ether oxygens (including phenoxy) is 3. The number of carbonyl (C=O) groups is 4. The number of carbonyl (C=O) groups excluding carboxylic acids is 4. The largest absolute Gasteiger partial charge is 0.464 e. The van der Waals surface area contributed by atoms with E-state index in [-0.39, 0.29) is 45.1 Å². The van der Waals surface area contributed by atoms with E-state index in [9.17, 15) is 19.2 Å². The highest BCUT2D eigenvalue weighted by molar-refractivity contribution is 5.84. The fourth-order valence-electron chi connectivity index (χ4n) is 8.59. The molecule has 0 unspecified atom stereocenters. The van der Waals surface area contributed by atoms with Gasteiger partial charge in [0.2, 0.25) is 5.91 Å². The van der Waals surface area contributed by atoms with E-state index in [1.807, 2.05) is 6.92 Å². The number of rotatable bonds is 53. The Hall–Kier alpha value is -2.64. The summed E-state index contributed by atoms with van der Waals surface area (Å²) in [4.78, 5) is 53.1. The zero-order valence-corrected chi connectivity index (χ0v) is 45.4. The summed E-state index contributed by atoms with van der Waals surface area (Å²) < 4.78 is 17.3. The summed E-state index contributed by atoms with van der Waals surface area (Å²) in [5.41, 5.74) is -1.53. The second-order valence-electron chi connectivity index (χ2n) is 20.2. The molecule has 0 aliphatic carbocycles. The van der Waals surface area contributed by atoms with Crippen LogP contribution in [0.1, 0.15) is 304 Å². The van der Waals surface area contributed by atoms with Crippen molar-refractivity contribution in [2.75, 3.05) is 26.4 Å². The Morgan fingerprint density at radius 3 is 0.809 bits per heavy atom. The number of unbranched alkanes of at least 4 members (excludes halogenated alkanes) is 34. The van der Waals surface area contributed by atoms with E-state index in [1.54, 1.807) is 0 Å². The Kier molecular flexibility index (Phi) is 50.2. The van der Waals surface area contributed by atoms with E-state index in [4.69, 9.17) is 14.2 Å². The molecular weight excluding hydrogens is 847 g/mol. The predicted octanol–water partition coefficient (Wildman–Crippen LogP) is 17.7. The molecule has 68 heavy (non-hydrogen) atoms. The first kappa shape index (κ1) is 65.4. The summed E-state index contributed by atoms with van der Waals surface area (Å²) in [5, 5.41) is 2.92. The monoisotopic (exact) mass is 958 g/mol. The standard InChI is InChI=1S/C60H111NO7/c1-5-9-12-15-18-21-24-27-29-32-35-38-41-44-47-50-57(63)67-54-60(59(65)61-52-8-4,53-66-56(62)49-46-43-40-37-34-31-26-23-20-17-14-11-7-3)55-68-58(64)51-48-45-42-39-36-33-30-28-25-22-19-16-13-10-6-2/h27-30H,5-26,31-55H2,1-4H3,(H,61,65)/b29-27-,30-28-. The minimum absolute atomic E-state index is 0.249. The summed E-state index contributed by atoms with van der Waals surface area (Å²) in [5.74, 6) is -1.61. The molecule has 0 heterocycles. The van der Waals surface area contributed by atoms with Crippen molar-refractivity contribution in [2.24, 2.45) is 5.41 Å². The predicted molar refractivity (Wildman–Crippen MR) is 288 cm³/mol. The number of nitrogens with one attached hydrogen (secondary N) is 1. The van der Waals surface area contributed by atoms with Gasteiger partial charge in [0, 0.05) is 25.8 Å². The lowest BCUT2D eigenvalue weighted by Crippen LogP contribution is -2.51. The summed E-state index contributed by atoms with van der Waals surface area (Å²) in [7, 11) is 0. The molecule has 0 aromatic carbocycles. The van der Waals surface area contributed by atoms with Crippen LogP contribution in [0.3, 0.4) is 0 Å². The second kappa shape index (κ2) is 52.2. The van der Waals surface area contributed by atoms with Gasteiger partial charge in [0.15, 0.2) is 5.41 Å². The lowest BCUT2D eigenvalue weighted by molar-refractivity contribution is -0.167. The van der Waals surface area contributed by atoms with Gasteiger partial charge in [-0.1, -0.05) is 232 Å². The summed E-state index contributed by atoms with van der Waals surface area (Å²) >= 11 is 0. The molecule has 398 valence electrons. The Balaban J connectivity index is 5.02. The number of allylic oxidation sites excluding steroid dienone is 4. The highest BCUT2D eigenvalue weighted by Crippen LogP contribution is 2.23. The Bertz CT molecular complexity index is 1140. The third-order valence-electron chi connectivity index (χ3n) is 13.3. The molecule has 1 N–H and O–H groups in total. The smallest absolute Gasteiger partial charge is 0.305 e. The van der Waals surface area contributed by atoms with Crippen LogP contribution >= 0.6 is 0 Å². The molecule has 0 radical (unpaired) electrons. The molecule has 0 spiro atoms. The topological polar surface area (TPSA) is 108 Å². The van der Waals surface area contributed by atoms with Gasteiger partial charge >= 0.3 is 17.9 Å². The highest BCUT2D eigenvalue weighted by atomic mass is 16.6. The SMILES string of the molecule is CCCCCCCC/C=C\CCCCCCCC(=O)OCC(COC(=O)CCCCCCC/C=C\CCCCCCCC)(COC(=O)CCCCCCCCCCCCCCC)C(=O)NCCC. The van der Waals surface area contributed by atoms with Gasteiger partial charge in [-0.05, 0) is 77.0 Å². The van der Waals surface area contributed by atoms with Gasteiger partial charge in [-0.15, -0.1) is 0 Å². The van der Waals surface area contributed by atoms with Crippen LogP contribution < -0.4 is 5.32 Å². The number of esters is 3. The van der Waals surface area contributed by atoms with Crippen molar-refractivity contribution in [1.29, 1.82) is 0 Å². The molecule has 0 bridgehead atoms. The number of hydrogen-bond donors (Lipinski definition) is 1. The molecule has 8 nitrogen and oxygen atoms in total. The van der Waals surface area contributed by atoms with Crippen molar-refractivity contribution in [2.45, 2.75) is 304 Å². The zero-order chi connectivity index (χ0) is 49.7. The Labute approximate surface area is 420 Å². The maximum atomic E-state index is 13.9. The molecule has 0 saturated carbocycles. The van der Waals surface area contributed by atoms with Crippen LogP contribution in [-0.4, -0.2) is 50.2 Å². The van der Waals surface area contributed by atoms with E-state index in [2.05, 4.69) is 50.4 Å². The molecule has 0 aliphatic heterocycles. The van der Waals surface area contributed by atoms with E-state index in [1.165, 1.54) is 154 Å². The van der Waals surface area contributed by atoms with E-state index in [0.29, 0.717) is 25.8 Å². The van der Waals surface area contributed by atoms with Crippen LogP contribution in [0, 0.1) is 5.41 Å². The van der Waals surface area contributed by atoms with E-state index in [0.717, 1.165) is 83.5 Å². The lowest BCUT2D eigenvalue weighted by atomic mass is 9.89. The van der Waals surface area contributed by atoms with Crippen LogP contribution in [0.2, 0.25) is 0 Å². The third-order valence-corrected chi connectivity index (χ3v) is 13.3. The summed E-state index contributed by atoms with van der Waals surface area (Å²) in [6.45, 7) is 8.17. The van der Waals surface area contributed by atoms with Gasteiger partial charge in [0.1, 0.15) is 19.8 Å². The van der Waals surface area contributed by atoms with Gasteiger partial charge < -0.3 is 19.5 Å². The Morgan fingerprint density at radius 1 is 0.324 bits per heavy atom. The van der Waals surface area contributed by atoms with Crippen molar-refractivity contribution in [3.63, 3.8) is 0 Å². The van der Waals surface area contributed by atoms with Crippen LogP contribution in [-0.2, 0) is 33.4 Å².